The fourth-order valence-electron chi connectivity index (χ4n) is 2.85. The van der Waals surface area contributed by atoms with Gasteiger partial charge < -0.3 is 10.6 Å². The maximum absolute atomic E-state index is 12.2. The lowest BCUT2D eigenvalue weighted by molar-refractivity contribution is -0.119. The van der Waals surface area contributed by atoms with E-state index in [0.29, 0.717) is 11.8 Å². The summed E-state index contributed by atoms with van der Waals surface area (Å²) in [4.78, 5) is 12.2. The van der Waals surface area contributed by atoms with Crippen LogP contribution in [0.1, 0.15) is 25.7 Å². The minimum atomic E-state index is 0.122. The molecule has 2 aromatic rings. The molecule has 126 valence electrons. The number of rotatable bonds is 8. The molecule has 0 saturated heterocycles. The van der Waals surface area contributed by atoms with E-state index in [9.17, 15) is 4.79 Å². The van der Waals surface area contributed by atoms with E-state index in [-0.39, 0.29) is 5.91 Å². The number of hydrogen-bond donors (Lipinski definition) is 2. The van der Waals surface area contributed by atoms with Crippen LogP contribution in [0.5, 0.6) is 0 Å². The number of nitrogens with one attached hydrogen (secondary N) is 2. The smallest absolute Gasteiger partial charge is 0.230 e. The lowest BCUT2D eigenvalue weighted by Crippen LogP contribution is -2.39. The zero-order chi connectivity index (χ0) is 16.4. The van der Waals surface area contributed by atoms with Crippen LogP contribution in [0, 0.1) is 11.8 Å². The van der Waals surface area contributed by atoms with E-state index in [1.54, 1.807) is 0 Å². The summed E-state index contributed by atoms with van der Waals surface area (Å²) in [5, 5.41) is 15.5. The molecule has 4 rings (SSSR count). The van der Waals surface area contributed by atoms with Crippen LogP contribution in [0.4, 0.5) is 10.8 Å². The van der Waals surface area contributed by atoms with Gasteiger partial charge in [-0.25, -0.2) is 0 Å². The Balaban J connectivity index is 1.26. The minimum Gasteiger partial charge on any atom is -0.352 e. The highest BCUT2D eigenvalue weighted by atomic mass is 32.2. The van der Waals surface area contributed by atoms with Gasteiger partial charge in [0, 0.05) is 11.7 Å². The molecule has 2 aliphatic rings. The molecule has 2 N–H and O–H groups in total. The van der Waals surface area contributed by atoms with Gasteiger partial charge in [-0.2, -0.15) is 0 Å². The normalized spacial score (nSPS) is 17.0. The first kappa shape index (κ1) is 15.9. The molecule has 1 heterocycles. The predicted molar refractivity (Wildman–Crippen MR) is 97.7 cm³/mol. The summed E-state index contributed by atoms with van der Waals surface area (Å²) < 4.78 is 0.818. The van der Waals surface area contributed by atoms with Gasteiger partial charge in [0.15, 0.2) is 4.34 Å². The van der Waals surface area contributed by atoms with Gasteiger partial charge in [0.1, 0.15) is 0 Å². The van der Waals surface area contributed by atoms with Gasteiger partial charge in [-0.3, -0.25) is 4.79 Å². The van der Waals surface area contributed by atoms with Gasteiger partial charge >= 0.3 is 0 Å². The number of carbonyl (C=O) groups excluding carboxylic acids is 1. The molecule has 1 aromatic carbocycles. The highest BCUT2D eigenvalue weighted by molar-refractivity contribution is 8.01. The Hall–Kier alpha value is -1.60. The Kier molecular flexibility index (Phi) is 4.71. The van der Waals surface area contributed by atoms with E-state index in [0.717, 1.165) is 27.0 Å². The maximum atomic E-state index is 12.2. The molecule has 5 nitrogen and oxygen atoms in total. The summed E-state index contributed by atoms with van der Waals surface area (Å²) in [7, 11) is 0. The van der Waals surface area contributed by atoms with Crippen molar-refractivity contribution < 1.29 is 4.79 Å². The third-order valence-corrected chi connectivity index (χ3v) is 6.32. The van der Waals surface area contributed by atoms with Crippen LogP contribution in [-0.4, -0.2) is 27.9 Å². The van der Waals surface area contributed by atoms with Gasteiger partial charge in [-0.15, -0.1) is 10.2 Å². The second kappa shape index (κ2) is 7.11. The number of thioether (sulfide) groups is 1. The number of para-hydroxylation sites is 1. The van der Waals surface area contributed by atoms with Gasteiger partial charge in [0.05, 0.1) is 5.75 Å². The molecule has 0 radical (unpaired) electrons. The first-order valence-corrected chi connectivity index (χ1v) is 10.2. The number of anilines is 2. The first-order valence-electron chi connectivity index (χ1n) is 8.35. The van der Waals surface area contributed by atoms with Crippen molar-refractivity contribution in [1.29, 1.82) is 0 Å². The second-order valence-electron chi connectivity index (χ2n) is 6.42. The lowest BCUT2D eigenvalue weighted by Gasteiger charge is -2.17. The summed E-state index contributed by atoms with van der Waals surface area (Å²) in [5.41, 5.74) is 0.986. The minimum absolute atomic E-state index is 0.122. The molecule has 2 saturated carbocycles. The fourth-order valence-corrected chi connectivity index (χ4v) is 4.43. The van der Waals surface area contributed by atoms with Gasteiger partial charge in [-0.1, -0.05) is 41.3 Å². The number of benzene rings is 1. The highest BCUT2D eigenvalue weighted by Crippen LogP contribution is 2.44. The molecule has 1 amide bonds. The van der Waals surface area contributed by atoms with Crippen LogP contribution in [0.15, 0.2) is 34.7 Å². The summed E-state index contributed by atoms with van der Waals surface area (Å²) in [6.07, 6.45) is 5.11. The first-order chi connectivity index (χ1) is 11.8. The van der Waals surface area contributed by atoms with E-state index >= 15 is 0 Å². The van der Waals surface area contributed by atoms with Crippen molar-refractivity contribution in [1.82, 2.24) is 15.5 Å². The van der Waals surface area contributed by atoms with E-state index in [1.807, 2.05) is 30.3 Å². The molecule has 1 aromatic heterocycles. The van der Waals surface area contributed by atoms with E-state index in [1.165, 1.54) is 48.8 Å². The molecular formula is C17H20N4OS2. The Bertz CT molecular complexity index is 686. The lowest BCUT2D eigenvalue weighted by atomic mass is 10.1. The SMILES string of the molecule is O=C(CSc1nnc(Nc2ccccc2)s1)NC(C1CC1)C1CC1. The van der Waals surface area contributed by atoms with Crippen LogP contribution in [0.3, 0.4) is 0 Å². The monoisotopic (exact) mass is 360 g/mol. The average molecular weight is 361 g/mol. The van der Waals surface area contributed by atoms with Crippen LogP contribution < -0.4 is 10.6 Å². The Morgan fingerprint density at radius 3 is 2.54 bits per heavy atom. The van der Waals surface area contributed by atoms with E-state index in [4.69, 9.17) is 0 Å². The van der Waals surface area contributed by atoms with Crippen molar-refractivity contribution in [3.8, 4) is 0 Å². The van der Waals surface area contributed by atoms with Crippen molar-refractivity contribution in [3.63, 3.8) is 0 Å². The Morgan fingerprint density at radius 2 is 1.88 bits per heavy atom. The zero-order valence-corrected chi connectivity index (χ0v) is 14.9. The zero-order valence-electron chi connectivity index (χ0n) is 13.3. The summed E-state index contributed by atoms with van der Waals surface area (Å²) >= 11 is 2.93. The van der Waals surface area contributed by atoms with Crippen molar-refractivity contribution in [3.05, 3.63) is 30.3 Å². The van der Waals surface area contributed by atoms with Gasteiger partial charge in [-0.05, 0) is 49.7 Å². The third-order valence-electron chi connectivity index (χ3n) is 4.35. The number of hydrogen-bond acceptors (Lipinski definition) is 6. The topological polar surface area (TPSA) is 66.9 Å². The second-order valence-corrected chi connectivity index (χ2v) is 8.62. The van der Waals surface area contributed by atoms with Crippen LogP contribution >= 0.6 is 23.1 Å². The van der Waals surface area contributed by atoms with Crippen LogP contribution in [0.2, 0.25) is 0 Å². The van der Waals surface area contributed by atoms with E-state index < -0.39 is 0 Å². The molecule has 0 spiro atoms. The van der Waals surface area contributed by atoms with Crippen molar-refractivity contribution in [2.24, 2.45) is 11.8 Å². The average Bonchev–Trinajstić information content (AvgIpc) is 3.51. The maximum Gasteiger partial charge on any atom is 0.230 e. The molecule has 0 bridgehead atoms. The highest BCUT2D eigenvalue weighted by Gasteiger charge is 2.42. The summed E-state index contributed by atoms with van der Waals surface area (Å²) in [5.74, 6) is 2.00. The van der Waals surface area contributed by atoms with Gasteiger partial charge in [0.2, 0.25) is 11.0 Å². The standard InChI is InChI=1S/C17H20N4OS2/c22-14(19-15(11-6-7-11)12-8-9-12)10-23-17-21-20-16(24-17)18-13-4-2-1-3-5-13/h1-5,11-12,15H,6-10H2,(H,18,20)(H,19,22). The molecule has 24 heavy (non-hydrogen) atoms. The summed E-state index contributed by atoms with van der Waals surface area (Å²) in [6.45, 7) is 0. The van der Waals surface area contributed by atoms with Crippen molar-refractivity contribution >= 4 is 39.8 Å². The van der Waals surface area contributed by atoms with Crippen molar-refractivity contribution in [2.75, 3.05) is 11.1 Å². The van der Waals surface area contributed by atoms with Gasteiger partial charge in [0.25, 0.3) is 0 Å². The number of carbonyl (C=O) groups is 1. The molecule has 0 aliphatic heterocycles. The molecule has 0 unspecified atom stereocenters. The van der Waals surface area contributed by atoms with Crippen LogP contribution in [-0.2, 0) is 4.79 Å². The quantitative estimate of drug-likeness (QED) is 0.703. The molecule has 2 aliphatic carbocycles. The number of amides is 1. The Morgan fingerprint density at radius 1 is 1.17 bits per heavy atom. The summed E-state index contributed by atoms with van der Waals surface area (Å²) in [6, 6.07) is 10.3. The number of nitrogens with zero attached hydrogens (tertiary/aromatic N) is 2. The van der Waals surface area contributed by atoms with E-state index in [2.05, 4.69) is 20.8 Å². The molecule has 2 fully saturated rings. The third kappa shape index (κ3) is 4.27. The largest absolute Gasteiger partial charge is 0.352 e. The molecule has 0 atom stereocenters. The number of aromatic nitrogens is 2. The molecule has 7 heteroatoms. The van der Waals surface area contributed by atoms with Crippen LogP contribution in [0.25, 0.3) is 0 Å². The predicted octanol–water partition coefficient (Wildman–Crippen LogP) is 3.68. The Labute approximate surface area is 149 Å². The fraction of sp³-hybridized carbons (Fsp3) is 0.471. The van der Waals surface area contributed by atoms with Crippen molar-refractivity contribution in [2.45, 2.75) is 36.1 Å². The molecular weight excluding hydrogens is 340 g/mol.